The van der Waals surface area contributed by atoms with E-state index in [0.717, 1.165) is 18.5 Å². The van der Waals surface area contributed by atoms with Gasteiger partial charge in [-0.15, -0.1) is 0 Å². The molecule has 0 bridgehead atoms. The van der Waals surface area contributed by atoms with Crippen molar-refractivity contribution < 1.29 is 9.53 Å². The molecule has 2 aromatic heterocycles. The Labute approximate surface area is 106 Å². The van der Waals surface area contributed by atoms with Crippen LogP contribution in [0.1, 0.15) is 23.0 Å². The molecule has 0 saturated carbocycles. The van der Waals surface area contributed by atoms with Crippen molar-refractivity contribution in [2.45, 2.75) is 19.9 Å². The van der Waals surface area contributed by atoms with Crippen molar-refractivity contribution >= 4 is 5.97 Å². The number of aromatic nitrogens is 2. The zero-order valence-corrected chi connectivity index (χ0v) is 10.4. The summed E-state index contributed by atoms with van der Waals surface area (Å²) in [6, 6.07) is 7.58. The summed E-state index contributed by atoms with van der Waals surface area (Å²) in [6.07, 6.45) is 6.33. The molecule has 0 aliphatic rings. The molecule has 0 amide bonds. The van der Waals surface area contributed by atoms with E-state index in [1.807, 2.05) is 35.2 Å². The number of ether oxygens (including phenoxy) is 1. The van der Waals surface area contributed by atoms with Crippen molar-refractivity contribution in [1.82, 2.24) is 9.55 Å². The maximum atomic E-state index is 11.7. The fraction of sp³-hybridized carbons (Fsp3) is 0.286. The molecule has 4 heteroatoms. The highest BCUT2D eigenvalue weighted by molar-refractivity contribution is 5.87. The van der Waals surface area contributed by atoms with Gasteiger partial charge >= 0.3 is 5.97 Å². The molecule has 2 heterocycles. The third-order valence-corrected chi connectivity index (χ3v) is 2.68. The third-order valence-electron chi connectivity index (χ3n) is 2.68. The van der Waals surface area contributed by atoms with Crippen LogP contribution in [0.2, 0.25) is 0 Å². The highest BCUT2D eigenvalue weighted by Crippen LogP contribution is 2.07. The summed E-state index contributed by atoms with van der Waals surface area (Å²) in [7, 11) is 0. The first kappa shape index (κ1) is 12.4. The molecule has 2 aromatic rings. The van der Waals surface area contributed by atoms with E-state index in [9.17, 15) is 4.79 Å². The standard InChI is InChI=1S/C14H16N2O2/c1-2-18-14(17)13-6-4-9-16(13)10-7-12-5-3-8-15-11-12/h3-6,8-9,11H,2,7,10H2,1H3. The summed E-state index contributed by atoms with van der Waals surface area (Å²) in [5, 5.41) is 0. The van der Waals surface area contributed by atoms with Crippen LogP contribution in [0.4, 0.5) is 0 Å². The Morgan fingerprint density at radius 3 is 3.00 bits per heavy atom. The Morgan fingerprint density at radius 2 is 2.28 bits per heavy atom. The van der Waals surface area contributed by atoms with Crippen molar-refractivity contribution in [2.75, 3.05) is 6.61 Å². The van der Waals surface area contributed by atoms with Gasteiger partial charge in [0.15, 0.2) is 0 Å². The van der Waals surface area contributed by atoms with Crippen LogP contribution in [0.25, 0.3) is 0 Å². The predicted molar refractivity (Wildman–Crippen MR) is 68.3 cm³/mol. The molecule has 0 spiro atoms. The van der Waals surface area contributed by atoms with Crippen molar-refractivity contribution in [3.63, 3.8) is 0 Å². The second kappa shape index (κ2) is 6.00. The van der Waals surface area contributed by atoms with Crippen LogP contribution < -0.4 is 0 Å². The largest absolute Gasteiger partial charge is 0.461 e. The van der Waals surface area contributed by atoms with Gasteiger partial charge in [0, 0.05) is 25.1 Å². The predicted octanol–water partition coefficient (Wildman–Crippen LogP) is 2.30. The molecule has 0 atom stereocenters. The van der Waals surface area contributed by atoms with Crippen LogP contribution in [0.5, 0.6) is 0 Å². The normalized spacial score (nSPS) is 10.3. The van der Waals surface area contributed by atoms with E-state index in [-0.39, 0.29) is 5.97 Å². The molecule has 0 unspecified atom stereocenters. The zero-order valence-electron chi connectivity index (χ0n) is 10.4. The molecule has 0 fully saturated rings. The molecule has 0 aliphatic heterocycles. The summed E-state index contributed by atoms with van der Waals surface area (Å²) >= 11 is 0. The Kier molecular flexibility index (Phi) is 4.12. The Bertz CT molecular complexity index is 506. The first-order valence-electron chi connectivity index (χ1n) is 6.02. The van der Waals surface area contributed by atoms with Crippen LogP contribution in [-0.4, -0.2) is 22.1 Å². The van der Waals surface area contributed by atoms with Crippen molar-refractivity contribution in [3.8, 4) is 0 Å². The fourth-order valence-electron chi connectivity index (χ4n) is 1.79. The topological polar surface area (TPSA) is 44.1 Å². The summed E-state index contributed by atoms with van der Waals surface area (Å²) in [4.78, 5) is 15.8. The first-order chi connectivity index (χ1) is 8.81. The van der Waals surface area contributed by atoms with Gasteiger partial charge in [-0.25, -0.2) is 4.79 Å². The van der Waals surface area contributed by atoms with Crippen LogP contribution in [0.3, 0.4) is 0 Å². The number of pyridine rings is 1. The third kappa shape index (κ3) is 2.97. The Balaban J connectivity index is 2.02. The maximum Gasteiger partial charge on any atom is 0.354 e. The summed E-state index contributed by atoms with van der Waals surface area (Å²) in [6.45, 7) is 2.94. The van der Waals surface area contributed by atoms with Crippen molar-refractivity contribution in [1.29, 1.82) is 0 Å². The molecule has 0 aromatic carbocycles. The quantitative estimate of drug-likeness (QED) is 0.758. The minimum Gasteiger partial charge on any atom is -0.461 e. The average Bonchev–Trinajstić information content (AvgIpc) is 2.86. The molecule has 0 aliphatic carbocycles. The van der Waals surface area contributed by atoms with Crippen molar-refractivity contribution in [3.05, 3.63) is 54.1 Å². The minimum atomic E-state index is -0.270. The first-order valence-corrected chi connectivity index (χ1v) is 6.02. The molecule has 0 N–H and O–H groups in total. The molecular formula is C14H16N2O2. The lowest BCUT2D eigenvalue weighted by Crippen LogP contribution is -2.12. The summed E-state index contributed by atoms with van der Waals surface area (Å²) < 4.78 is 6.91. The van der Waals surface area contributed by atoms with Crippen molar-refractivity contribution in [2.24, 2.45) is 0 Å². The van der Waals surface area contributed by atoms with Gasteiger partial charge in [0.25, 0.3) is 0 Å². The lowest BCUT2D eigenvalue weighted by atomic mass is 10.2. The summed E-state index contributed by atoms with van der Waals surface area (Å²) in [5.74, 6) is -0.270. The molecule has 4 nitrogen and oxygen atoms in total. The Hall–Kier alpha value is -2.10. The van der Waals surface area contributed by atoms with E-state index < -0.39 is 0 Å². The van der Waals surface area contributed by atoms with Gasteiger partial charge in [-0.2, -0.15) is 0 Å². The molecule has 0 radical (unpaired) electrons. The van der Waals surface area contributed by atoms with Gasteiger partial charge in [0.05, 0.1) is 6.61 Å². The van der Waals surface area contributed by atoms with Crippen LogP contribution in [0.15, 0.2) is 42.9 Å². The summed E-state index contributed by atoms with van der Waals surface area (Å²) in [5.41, 5.74) is 1.75. The van der Waals surface area contributed by atoms with E-state index in [0.29, 0.717) is 12.3 Å². The molecule has 2 rings (SSSR count). The van der Waals surface area contributed by atoms with Crippen LogP contribution in [0, 0.1) is 0 Å². The SMILES string of the molecule is CCOC(=O)c1cccn1CCc1cccnc1. The monoisotopic (exact) mass is 244 g/mol. The fourth-order valence-corrected chi connectivity index (χ4v) is 1.79. The van der Waals surface area contributed by atoms with E-state index in [1.54, 1.807) is 19.2 Å². The van der Waals surface area contributed by atoms with E-state index in [1.165, 1.54) is 0 Å². The zero-order chi connectivity index (χ0) is 12.8. The van der Waals surface area contributed by atoms with Crippen LogP contribution >= 0.6 is 0 Å². The number of esters is 1. The van der Waals surface area contributed by atoms with Gasteiger partial charge in [0.2, 0.25) is 0 Å². The molecule has 94 valence electrons. The smallest absolute Gasteiger partial charge is 0.354 e. The van der Waals surface area contributed by atoms with Gasteiger partial charge in [-0.1, -0.05) is 6.07 Å². The number of hydrogen-bond acceptors (Lipinski definition) is 3. The van der Waals surface area contributed by atoms with Gasteiger partial charge in [0.1, 0.15) is 5.69 Å². The second-order valence-corrected chi connectivity index (χ2v) is 3.92. The van der Waals surface area contributed by atoms with Gasteiger partial charge < -0.3 is 9.30 Å². The number of nitrogens with zero attached hydrogens (tertiary/aromatic N) is 2. The number of carbonyl (C=O) groups is 1. The van der Waals surface area contributed by atoms with E-state index in [4.69, 9.17) is 4.74 Å². The molecule has 0 saturated heterocycles. The second-order valence-electron chi connectivity index (χ2n) is 3.92. The van der Waals surface area contributed by atoms with Gasteiger partial charge in [-0.3, -0.25) is 4.98 Å². The van der Waals surface area contributed by atoms with Crippen LogP contribution in [-0.2, 0) is 17.7 Å². The number of carbonyl (C=O) groups excluding carboxylic acids is 1. The maximum absolute atomic E-state index is 11.7. The lowest BCUT2D eigenvalue weighted by Gasteiger charge is -2.08. The van der Waals surface area contributed by atoms with E-state index >= 15 is 0 Å². The minimum absolute atomic E-state index is 0.270. The number of aryl methyl sites for hydroxylation is 2. The highest BCUT2D eigenvalue weighted by Gasteiger charge is 2.11. The lowest BCUT2D eigenvalue weighted by molar-refractivity contribution is 0.0514. The average molecular weight is 244 g/mol. The highest BCUT2D eigenvalue weighted by atomic mass is 16.5. The number of hydrogen-bond donors (Lipinski definition) is 0. The number of rotatable bonds is 5. The molecule has 18 heavy (non-hydrogen) atoms. The van der Waals surface area contributed by atoms with E-state index in [2.05, 4.69) is 4.98 Å². The van der Waals surface area contributed by atoms with Gasteiger partial charge in [-0.05, 0) is 37.1 Å². The Morgan fingerprint density at radius 1 is 1.39 bits per heavy atom. The molecular weight excluding hydrogens is 228 g/mol.